The van der Waals surface area contributed by atoms with Crippen molar-refractivity contribution >= 4 is 75.7 Å². The Labute approximate surface area is 162 Å². The van der Waals surface area contributed by atoms with Crippen LogP contribution in [0.4, 0.5) is 0 Å². The average Bonchev–Trinajstić information content (AvgIpc) is 2.38. The minimum atomic E-state index is -0.605. The van der Waals surface area contributed by atoms with Crippen LogP contribution in [0.25, 0.3) is 0 Å². The van der Waals surface area contributed by atoms with Crippen LogP contribution in [0.5, 0.6) is 0 Å². The summed E-state index contributed by atoms with van der Waals surface area (Å²) < 4.78 is 12.5. The zero-order valence-electron chi connectivity index (χ0n) is 12.3. The summed E-state index contributed by atoms with van der Waals surface area (Å²) in [4.78, 5) is 24.8. The summed E-state index contributed by atoms with van der Waals surface area (Å²) in [6, 6.07) is 0. The third-order valence-electron chi connectivity index (χ3n) is 2.36. The van der Waals surface area contributed by atoms with Gasteiger partial charge < -0.3 is 9.47 Å². The monoisotopic (exact) mass is 562 g/mol. The van der Waals surface area contributed by atoms with Crippen molar-refractivity contribution in [1.82, 2.24) is 0 Å². The van der Waals surface area contributed by atoms with E-state index in [1.54, 1.807) is 27.7 Å². The van der Waals surface area contributed by atoms with Crippen LogP contribution >= 0.6 is 63.7 Å². The molecule has 1 rings (SSSR count). The largest absolute Gasteiger partial charge is 0.459 e. The molecule has 0 aliphatic carbocycles. The minimum Gasteiger partial charge on any atom is -0.459 e. The second kappa shape index (κ2) is 8.26. The number of hydrogen-bond donors (Lipinski definition) is 0. The van der Waals surface area contributed by atoms with Crippen LogP contribution in [0.3, 0.4) is 0 Å². The highest BCUT2D eigenvalue weighted by Crippen LogP contribution is 2.42. The predicted octanol–water partition coefficient (Wildman–Crippen LogP) is 5.87. The number of ether oxygens (including phenoxy) is 2. The molecule has 1 aromatic rings. The lowest BCUT2D eigenvalue weighted by Crippen LogP contribution is -2.20. The van der Waals surface area contributed by atoms with Gasteiger partial charge in [0, 0.05) is 17.9 Å². The fourth-order valence-corrected chi connectivity index (χ4v) is 4.00. The zero-order valence-corrected chi connectivity index (χ0v) is 18.6. The van der Waals surface area contributed by atoms with Gasteiger partial charge in [0.15, 0.2) is 0 Å². The van der Waals surface area contributed by atoms with Crippen molar-refractivity contribution in [2.45, 2.75) is 39.9 Å². The Hall–Kier alpha value is 0.0800. The van der Waals surface area contributed by atoms with Crippen molar-refractivity contribution in [3.8, 4) is 0 Å². The fourth-order valence-electron chi connectivity index (χ4n) is 1.56. The number of halogens is 4. The molecular formula is C14H14Br4O4. The summed E-state index contributed by atoms with van der Waals surface area (Å²) in [5.41, 5.74) is 0.225. The molecule has 4 nitrogen and oxygen atoms in total. The minimum absolute atomic E-state index is 0.112. The second-order valence-corrected chi connectivity index (χ2v) is 8.09. The van der Waals surface area contributed by atoms with Crippen molar-refractivity contribution < 1.29 is 19.1 Å². The number of hydrogen-bond acceptors (Lipinski definition) is 4. The van der Waals surface area contributed by atoms with E-state index in [0.29, 0.717) is 17.9 Å². The number of rotatable bonds is 4. The summed E-state index contributed by atoms with van der Waals surface area (Å²) in [5.74, 6) is -1.21. The molecule has 1 aromatic carbocycles. The molecule has 0 heterocycles. The zero-order chi connectivity index (χ0) is 17.2. The highest BCUT2D eigenvalue weighted by Gasteiger charge is 2.30. The van der Waals surface area contributed by atoms with Crippen molar-refractivity contribution in [2.75, 3.05) is 0 Å². The molecule has 0 unspecified atom stereocenters. The van der Waals surface area contributed by atoms with Gasteiger partial charge in [0.05, 0.1) is 23.3 Å². The first-order chi connectivity index (χ1) is 10.1. The third kappa shape index (κ3) is 4.55. The highest BCUT2D eigenvalue weighted by molar-refractivity contribution is 9.15. The maximum absolute atomic E-state index is 12.4. The van der Waals surface area contributed by atoms with E-state index in [1.165, 1.54) is 0 Å². The molecule has 0 saturated heterocycles. The lowest BCUT2D eigenvalue weighted by atomic mass is 10.1. The van der Waals surface area contributed by atoms with Gasteiger partial charge in [-0.2, -0.15) is 0 Å². The van der Waals surface area contributed by atoms with Crippen LogP contribution in [-0.4, -0.2) is 24.1 Å². The number of benzene rings is 1. The Morgan fingerprint density at radius 1 is 0.682 bits per heavy atom. The van der Waals surface area contributed by atoms with E-state index in [4.69, 9.17) is 9.47 Å². The van der Waals surface area contributed by atoms with E-state index in [0.717, 1.165) is 0 Å². The SMILES string of the molecule is CC(C)OC(=O)c1c(Br)c(Br)c(Br)c(Br)c1C(=O)OC(C)C. The van der Waals surface area contributed by atoms with Crippen molar-refractivity contribution in [1.29, 1.82) is 0 Å². The van der Waals surface area contributed by atoms with Crippen molar-refractivity contribution in [2.24, 2.45) is 0 Å². The average molecular weight is 566 g/mol. The molecule has 0 aliphatic rings. The molecule has 22 heavy (non-hydrogen) atoms. The van der Waals surface area contributed by atoms with Crippen LogP contribution in [0.15, 0.2) is 17.9 Å². The van der Waals surface area contributed by atoms with Gasteiger partial charge in [-0.3, -0.25) is 0 Å². The lowest BCUT2D eigenvalue weighted by molar-refractivity contribution is 0.0326. The third-order valence-corrected chi connectivity index (χ3v) is 7.13. The first kappa shape index (κ1) is 20.1. The maximum Gasteiger partial charge on any atom is 0.340 e. The smallest absolute Gasteiger partial charge is 0.340 e. The second-order valence-electron chi connectivity index (χ2n) is 4.91. The quantitative estimate of drug-likeness (QED) is 0.260. The highest BCUT2D eigenvalue weighted by atomic mass is 79.9. The first-order valence-electron chi connectivity index (χ1n) is 6.35. The number of carbonyl (C=O) groups is 2. The number of carbonyl (C=O) groups excluding carboxylic acids is 2. The normalized spacial score (nSPS) is 11.0. The van der Waals surface area contributed by atoms with Gasteiger partial charge in [-0.1, -0.05) is 0 Å². The lowest BCUT2D eigenvalue weighted by Gasteiger charge is -2.18. The standard InChI is InChI=1S/C14H14Br4O4/c1-5(2)21-13(19)7-8(14(20)22-6(3)4)10(16)12(18)11(17)9(7)15/h5-6H,1-4H3. The molecule has 0 radical (unpaired) electrons. The molecule has 0 amide bonds. The summed E-state index contributed by atoms with van der Waals surface area (Å²) in [6.07, 6.45) is -0.621. The summed E-state index contributed by atoms with van der Waals surface area (Å²) in [7, 11) is 0. The van der Waals surface area contributed by atoms with E-state index in [9.17, 15) is 9.59 Å². The Balaban J connectivity index is 3.58. The molecule has 0 aliphatic heterocycles. The molecule has 0 bridgehead atoms. The van der Waals surface area contributed by atoms with Gasteiger partial charge in [-0.05, 0) is 91.4 Å². The molecule has 8 heteroatoms. The van der Waals surface area contributed by atoms with E-state index in [1.807, 2.05) is 0 Å². The summed E-state index contributed by atoms with van der Waals surface area (Å²) >= 11 is 13.4. The van der Waals surface area contributed by atoms with Crippen molar-refractivity contribution in [3.05, 3.63) is 29.0 Å². The van der Waals surface area contributed by atoms with E-state index in [-0.39, 0.29) is 23.3 Å². The fraction of sp³-hybridized carbons (Fsp3) is 0.429. The van der Waals surface area contributed by atoms with Crippen LogP contribution in [-0.2, 0) is 9.47 Å². The van der Waals surface area contributed by atoms with Crippen LogP contribution in [0, 0.1) is 0 Å². The molecule has 0 atom stereocenters. The number of esters is 2. The molecule has 122 valence electrons. The molecule has 0 fully saturated rings. The van der Waals surface area contributed by atoms with Gasteiger partial charge in [-0.25, -0.2) is 9.59 Å². The van der Waals surface area contributed by atoms with Gasteiger partial charge in [0.2, 0.25) is 0 Å². The Morgan fingerprint density at radius 2 is 0.955 bits per heavy atom. The Morgan fingerprint density at radius 3 is 1.18 bits per heavy atom. The summed E-state index contributed by atoms with van der Waals surface area (Å²) in [5, 5.41) is 0. The maximum atomic E-state index is 12.4. The molecule has 0 aromatic heterocycles. The predicted molar refractivity (Wildman–Crippen MR) is 98.3 cm³/mol. The molecule has 0 N–H and O–H groups in total. The Bertz CT molecular complexity index is 559. The van der Waals surface area contributed by atoms with E-state index in [2.05, 4.69) is 63.7 Å². The van der Waals surface area contributed by atoms with E-state index < -0.39 is 11.9 Å². The van der Waals surface area contributed by atoms with Crippen molar-refractivity contribution in [3.63, 3.8) is 0 Å². The molecule has 0 spiro atoms. The van der Waals surface area contributed by atoms with Crippen LogP contribution in [0.1, 0.15) is 48.4 Å². The molecular weight excluding hydrogens is 552 g/mol. The van der Waals surface area contributed by atoms with Crippen LogP contribution in [0.2, 0.25) is 0 Å². The van der Waals surface area contributed by atoms with Gasteiger partial charge in [0.1, 0.15) is 0 Å². The van der Waals surface area contributed by atoms with Gasteiger partial charge in [0.25, 0.3) is 0 Å². The molecule has 0 saturated carbocycles. The van der Waals surface area contributed by atoms with Gasteiger partial charge in [-0.15, -0.1) is 0 Å². The topological polar surface area (TPSA) is 52.6 Å². The van der Waals surface area contributed by atoms with Crippen LogP contribution < -0.4 is 0 Å². The summed E-state index contributed by atoms with van der Waals surface area (Å²) in [6.45, 7) is 6.95. The van der Waals surface area contributed by atoms with E-state index >= 15 is 0 Å². The van der Waals surface area contributed by atoms with Gasteiger partial charge >= 0.3 is 11.9 Å². The Kier molecular flexibility index (Phi) is 7.56. The first-order valence-corrected chi connectivity index (χ1v) is 9.53.